The van der Waals surface area contributed by atoms with Crippen LogP contribution < -0.4 is 0 Å². The highest BCUT2D eigenvalue weighted by Gasteiger charge is 2.50. The average Bonchev–Trinajstić information content (AvgIpc) is 2.13. The molecule has 1 nitrogen and oxygen atoms in total. The Morgan fingerprint density at radius 2 is 1.44 bits per heavy atom. The lowest BCUT2D eigenvalue weighted by Crippen LogP contribution is -2.49. The highest BCUT2D eigenvalue weighted by molar-refractivity contribution is 5.00. The van der Waals surface area contributed by atoms with E-state index < -0.39 is 0 Å². The zero-order valence-corrected chi connectivity index (χ0v) is 10.7. The van der Waals surface area contributed by atoms with Crippen molar-refractivity contribution in [3.05, 3.63) is 0 Å². The molecule has 92 valence electrons. The van der Waals surface area contributed by atoms with E-state index in [9.17, 15) is 5.11 Å². The van der Waals surface area contributed by atoms with Gasteiger partial charge in [0.25, 0.3) is 0 Å². The van der Waals surface area contributed by atoms with Crippen molar-refractivity contribution in [2.75, 3.05) is 0 Å². The van der Waals surface area contributed by atoms with E-state index in [2.05, 4.69) is 13.8 Å². The lowest BCUT2D eigenvalue weighted by atomic mass is 9.50. The molecule has 0 heterocycles. The predicted molar refractivity (Wildman–Crippen MR) is 66.0 cm³/mol. The van der Waals surface area contributed by atoms with Crippen molar-refractivity contribution in [2.24, 2.45) is 35.5 Å². The standard InChI is InChI=1S/C15H26O/c1-9(2)3-14(16)15-12-5-10-4-11(7-12)8-13(15)6-10/h9-16H,3-8H2,1-2H3. The van der Waals surface area contributed by atoms with Gasteiger partial charge in [0.05, 0.1) is 6.10 Å². The molecule has 1 atom stereocenters. The van der Waals surface area contributed by atoms with E-state index in [4.69, 9.17) is 0 Å². The van der Waals surface area contributed by atoms with Gasteiger partial charge in [-0.25, -0.2) is 0 Å². The summed E-state index contributed by atoms with van der Waals surface area (Å²) in [6, 6.07) is 0. The summed E-state index contributed by atoms with van der Waals surface area (Å²) in [5.74, 6) is 5.13. The first-order valence-electron chi connectivity index (χ1n) is 7.31. The van der Waals surface area contributed by atoms with Crippen molar-refractivity contribution < 1.29 is 5.11 Å². The molecule has 4 fully saturated rings. The Labute approximate surface area is 99.6 Å². The summed E-state index contributed by atoms with van der Waals surface area (Å²) in [5, 5.41) is 10.5. The summed E-state index contributed by atoms with van der Waals surface area (Å²) in [6.45, 7) is 4.47. The first-order chi connectivity index (χ1) is 7.63. The normalized spacial score (nSPS) is 47.6. The van der Waals surface area contributed by atoms with Gasteiger partial charge in [0.15, 0.2) is 0 Å². The van der Waals surface area contributed by atoms with Crippen LogP contribution in [0.1, 0.15) is 52.4 Å². The highest BCUT2D eigenvalue weighted by atomic mass is 16.3. The maximum atomic E-state index is 10.5. The summed E-state index contributed by atoms with van der Waals surface area (Å²) in [6.07, 6.45) is 8.28. The predicted octanol–water partition coefficient (Wildman–Crippen LogP) is 3.47. The van der Waals surface area contributed by atoms with Gasteiger partial charge >= 0.3 is 0 Å². The number of aliphatic hydroxyl groups is 1. The van der Waals surface area contributed by atoms with E-state index in [1.807, 2.05) is 0 Å². The Balaban J connectivity index is 1.71. The summed E-state index contributed by atoms with van der Waals surface area (Å²) in [5.41, 5.74) is 0. The molecule has 0 saturated heterocycles. The van der Waals surface area contributed by atoms with Crippen molar-refractivity contribution in [1.29, 1.82) is 0 Å². The maximum Gasteiger partial charge on any atom is 0.0576 e. The smallest absolute Gasteiger partial charge is 0.0576 e. The SMILES string of the molecule is CC(C)CC(O)C1C2CC3CC(C2)CC1C3. The van der Waals surface area contributed by atoms with Gasteiger partial charge in [-0.15, -0.1) is 0 Å². The van der Waals surface area contributed by atoms with E-state index >= 15 is 0 Å². The van der Waals surface area contributed by atoms with Crippen LogP contribution >= 0.6 is 0 Å². The number of rotatable bonds is 3. The molecule has 1 unspecified atom stereocenters. The summed E-state index contributed by atoms with van der Waals surface area (Å²) in [7, 11) is 0. The lowest BCUT2D eigenvalue weighted by molar-refractivity contribution is -0.0936. The van der Waals surface area contributed by atoms with E-state index in [1.54, 1.807) is 0 Å². The van der Waals surface area contributed by atoms with Crippen molar-refractivity contribution >= 4 is 0 Å². The van der Waals surface area contributed by atoms with E-state index in [0.717, 1.165) is 30.1 Å². The molecule has 0 amide bonds. The fourth-order valence-corrected chi connectivity index (χ4v) is 5.24. The molecule has 1 heteroatoms. The minimum Gasteiger partial charge on any atom is -0.393 e. The second kappa shape index (κ2) is 4.01. The van der Waals surface area contributed by atoms with E-state index in [0.29, 0.717) is 11.8 Å². The monoisotopic (exact) mass is 222 g/mol. The second-order valence-corrected chi connectivity index (χ2v) is 7.20. The van der Waals surface area contributed by atoms with Crippen LogP contribution in [0.3, 0.4) is 0 Å². The van der Waals surface area contributed by atoms with Crippen LogP contribution in [0, 0.1) is 35.5 Å². The molecule has 0 aromatic carbocycles. The molecule has 1 N–H and O–H groups in total. The molecule has 4 aliphatic rings. The molecule has 0 aliphatic heterocycles. The molecule has 4 rings (SSSR count). The number of aliphatic hydroxyl groups excluding tert-OH is 1. The van der Waals surface area contributed by atoms with Crippen molar-refractivity contribution in [2.45, 2.75) is 58.5 Å². The van der Waals surface area contributed by atoms with Crippen LogP contribution in [0.25, 0.3) is 0 Å². The summed E-state index contributed by atoms with van der Waals surface area (Å²) in [4.78, 5) is 0. The largest absolute Gasteiger partial charge is 0.393 e. The lowest BCUT2D eigenvalue weighted by Gasteiger charge is -2.55. The van der Waals surface area contributed by atoms with Crippen LogP contribution in [0.2, 0.25) is 0 Å². The average molecular weight is 222 g/mol. The Kier molecular flexibility index (Phi) is 2.78. The van der Waals surface area contributed by atoms with Gasteiger partial charge in [0.2, 0.25) is 0 Å². The van der Waals surface area contributed by atoms with Gasteiger partial charge in [-0.3, -0.25) is 0 Å². The molecule has 4 bridgehead atoms. The molecular formula is C15H26O. The fraction of sp³-hybridized carbons (Fsp3) is 1.00. The molecule has 0 aromatic heterocycles. The maximum absolute atomic E-state index is 10.5. The number of hydrogen-bond acceptors (Lipinski definition) is 1. The first-order valence-corrected chi connectivity index (χ1v) is 7.31. The Morgan fingerprint density at radius 1 is 0.938 bits per heavy atom. The quantitative estimate of drug-likeness (QED) is 0.775. The second-order valence-electron chi connectivity index (χ2n) is 7.20. The van der Waals surface area contributed by atoms with Crippen LogP contribution in [0.5, 0.6) is 0 Å². The van der Waals surface area contributed by atoms with Gasteiger partial charge in [-0.2, -0.15) is 0 Å². The van der Waals surface area contributed by atoms with Gasteiger partial charge in [-0.1, -0.05) is 13.8 Å². The van der Waals surface area contributed by atoms with Crippen molar-refractivity contribution in [3.63, 3.8) is 0 Å². The zero-order chi connectivity index (χ0) is 11.3. The third-order valence-corrected chi connectivity index (χ3v) is 5.46. The molecule has 16 heavy (non-hydrogen) atoms. The molecule has 4 saturated carbocycles. The van der Waals surface area contributed by atoms with Crippen molar-refractivity contribution in [1.82, 2.24) is 0 Å². The van der Waals surface area contributed by atoms with Crippen LogP contribution in [-0.4, -0.2) is 11.2 Å². The molecule has 4 aliphatic carbocycles. The highest BCUT2D eigenvalue weighted by Crippen LogP contribution is 2.57. The van der Waals surface area contributed by atoms with Crippen LogP contribution in [0.15, 0.2) is 0 Å². The van der Waals surface area contributed by atoms with Crippen molar-refractivity contribution in [3.8, 4) is 0 Å². The Morgan fingerprint density at radius 3 is 1.88 bits per heavy atom. The third kappa shape index (κ3) is 1.81. The fourth-order valence-electron chi connectivity index (χ4n) is 5.24. The number of hydrogen-bond donors (Lipinski definition) is 1. The van der Waals surface area contributed by atoms with Gasteiger partial charge in [0.1, 0.15) is 0 Å². The van der Waals surface area contributed by atoms with Crippen LogP contribution in [-0.2, 0) is 0 Å². The minimum atomic E-state index is -0.00463. The minimum absolute atomic E-state index is 0.00463. The third-order valence-electron chi connectivity index (χ3n) is 5.46. The Hall–Kier alpha value is -0.0400. The van der Waals surface area contributed by atoms with E-state index in [1.165, 1.54) is 32.1 Å². The molecule has 0 spiro atoms. The van der Waals surface area contributed by atoms with Gasteiger partial charge < -0.3 is 5.11 Å². The topological polar surface area (TPSA) is 20.2 Å². The summed E-state index contributed by atoms with van der Waals surface area (Å²) < 4.78 is 0. The van der Waals surface area contributed by atoms with E-state index in [-0.39, 0.29) is 6.10 Å². The molecule has 0 aromatic rings. The van der Waals surface area contributed by atoms with Gasteiger partial charge in [0, 0.05) is 0 Å². The first kappa shape index (κ1) is 11.1. The zero-order valence-electron chi connectivity index (χ0n) is 10.7. The van der Waals surface area contributed by atoms with Gasteiger partial charge in [-0.05, 0) is 74.0 Å². The summed E-state index contributed by atoms with van der Waals surface area (Å²) >= 11 is 0. The molecule has 0 radical (unpaired) electrons. The van der Waals surface area contributed by atoms with Crippen LogP contribution in [0.4, 0.5) is 0 Å². The Bertz CT molecular complexity index is 230. The molecular weight excluding hydrogens is 196 g/mol.